The van der Waals surface area contributed by atoms with Crippen molar-refractivity contribution < 1.29 is 15.0 Å². The quantitative estimate of drug-likeness (QED) is 0.390. The lowest BCUT2D eigenvalue weighted by atomic mass is 10.2. The molecule has 142 valence electrons. The molecular weight excluding hydrogens is 382 g/mol. The van der Waals surface area contributed by atoms with E-state index in [2.05, 4.69) is 9.97 Å². The first-order chi connectivity index (χ1) is 13.8. The largest absolute Gasteiger partial charge is 0.506 e. The SMILES string of the molecule is N#Cc1c(N)n(-c2ccccc2O)c2nc3cc([N+](=O)[O-])c([N+](=O)[O-])cc3nc12. The predicted octanol–water partition coefficient (Wildman–Crippen LogP) is 2.55. The maximum atomic E-state index is 11.2. The molecule has 3 N–H and O–H groups in total. The monoisotopic (exact) mass is 391 g/mol. The van der Waals surface area contributed by atoms with Crippen LogP contribution in [0.25, 0.3) is 27.9 Å². The summed E-state index contributed by atoms with van der Waals surface area (Å²) in [5, 5.41) is 42.1. The van der Waals surface area contributed by atoms with E-state index >= 15 is 0 Å². The first-order valence-electron chi connectivity index (χ1n) is 7.96. The van der Waals surface area contributed by atoms with Gasteiger partial charge in [0, 0.05) is 0 Å². The smallest absolute Gasteiger partial charge is 0.348 e. The minimum Gasteiger partial charge on any atom is -0.506 e. The summed E-state index contributed by atoms with van der Waals surface area (Å²) in [5.74, 6) is -0.194. The molecule has 0 unspecified atom stereocenters. The van der Waals surface area contributed by atoms with Crippen LogP contribution in [0.1, 0.15) is 5.56 Å². The molecule has 12 heteroatoms. The van der Waals surface area contributed by atoms with Gasteiger partial charge in [0.05, 0.1) is 38.7 Å². The van der Waals surface area contributed by atoms with Gasteiger partial charge in [-0.25, -0.2) is 9.97 Å². The van der Waals surface area contributed by atoms with Gasteiger partial charge in [-0.2, -0.15) is 5.26 Å². The van der Waals surface area contributed by atoms with Gasteiger partial charge >= 0.3 is 11.4 Å². The van der Waals surface area contributed by atoms with Crippen molar-refractivity contribution in [3.8, 4) is 17.5 Å². The number of nitrogens with two attached hydrogens (primary N) is 1. The Kier molecular flexibility index (Phi) is 3.72. The number of hydrogen-bond acceptors (Lipinski definition) is 9. The summed E-state index contributed by atoms with van der Waals surface area (Å²) in [6.45, 7) is 0. The van der Waals surface area contributed by atoms with E-state index in [1.807, 2.05) is 6.07 Å². The number of phenolic OH excluding ortho intramolecular Hbond substituents is 1. The van der Waals surface area contributed by atoms with Crippen molar-refractivity contribution in [1.82, 2.24) is 14.5 Å². The molecule has 0 spiro atoms. The van der Waals surface area contributed by atoms with E-state index in [1.54, 1.807) is 12.1 Å². The van der Waals surface area contributed by atoms with Crippen molar-refractivity contribution in [2.75, 3.05) is 5.73 Å². The summed E-state index contributed by atoms with van der Waals surface area (Å²) >= 11 is 0. The Balaban J connectivity index is 2.16. The van der Waals surface area contributed by atoms with Crippen LogP contribution in [-0.2, 0) is 0 Å². The van der Waals surface area contributed by atoms with Crippen LogP contribution in [0, 0.1) is 31.6 Å². The average molecular weight is 391 g/mol. The van der Waals surface area contributed by atoms with Gasteiger partial charge in [-0.15, -0.1) is 0 Å². The molecular formula is C17H9N7O5. The van der Waals surface area contributed by atoms with E-state index in [9.17, 15) is 30.6 Å². The molecule has 0 aliphatic rings. The molecule has 2 heterocycles. The number of para-hydroxylation sites is 2. The number of aromatic hydroxyl groups is 1. The molecule has 0 aliphatic heterocycles. The average Bonchev–Trinajstić information content (AvgIpc) is 2.95. The van der Waals surface area contributed by atoms with Crippen LogP contribution in [-0.4, -0.2) is 29.5 Å². The minimum absolute atomic E-state index is 0.00605. The molecule has 12 nitrogen and oxygen atoms in total. The standard InChI is InChI=1S/C17H9N7O5/c18-7-8-15-17(22(16(8)19)11-3-1-2-4-14(11)25)21-10-6-13(24(28)29)12(23(26)27)5-9(10)20-15/h1-6,25H,19H2. The summed E-state index contributed by atoms with van der Waals surface area (Å²) in [6, 6.07) is 9.94. The summed E-state index contributed by atoms with van der Waals surface area (Å²) in [5.41, 5.74) is 4.86. The lowest BCUT2D eigenvalue weighted by molar-refractivity contribution is -0.422. The maximum absolute atomic E-state index is 11.2. The molecule has 4 rings (SSSR count). The fourth-order valence-electron chi connectivity index (χ4n) is 3.04. The molecule has 0 radical (unpaired) electrons. The van der Waals surface area contributed by atoms with Crippen molar-refractivity contribution in [2.24, 2.45) is 0 Å². The number of nitro groups is 2. The molecule has 0 atom stereocenters. The number of rotatable bonds is 3. The Hall–Kier alpha value is -4.79. The van der Waals surface area contributed by atoms with Crippen molar-refractivity contribution >= 4 is 39.4 Å². The van der Waals surface area contributed by atoms with E-state index in [4.69, 9.17) is 5.73 Å². The topological polar surface area (TPSA) is 187 Å². The molecule has 29 heavy (non-hydrogen) atoms. The first-order valence-corrected chi connectivity index (χ1v) is 7.96. The third kappa shape index (κ3) is 2.53. The van der Waals surface area contributed by atoms with Crippen LogP contribution in [0.4, 0.5) is 17.2 Å². The van der Waals surface area contributed by atoms with E-state index in [0.717, 1.165) is 12.1 Å². The molecule has 0 fully saturated rings. The zero-order chi connectivity index (χ0) is 20.9. The highest BCUT2D eigenvalue weighted by Gasteiger charge is 2.28. The van der Waals surface area contributed by atoms with Crippen LogP contribution in [0.2, 0.25) is 0 Å². The first kappa shape index (κ1) is 17.6. The maximum Gasteiger partial charge on any atom is 0.348 e. The van der Waals surface area contributed by atoms with Crippen LogP contribution in [0.3, 0.4) is 0 Å². The summed E-state index contributed by atoms with van der Waals surface area (Å²) in [4.78, 5) is 29.2. The Morgan fingerprint density at radius 1 is 1.07 bits per heavy atom. The number of hydrogen-bond donors (Lipinski definition) is 2. The number of aromatic nitrogens is 3. The molecule has 0 bridgehead atoms. The second kappa shape index (κ2) is 6.13. The number of phenols is 1. The summed E-state index contributed by atoms with van der Waals surface area (Å²) < 4.78 is 1.29. The molecule has 0 aliphatic carbocycles. The molecule has 0 saturated carbocycles. The van der Waals surface area contributed by atoms with Crippen LogP contribution >= 0.6 is 0 Å². The number of nitrogens with zero attached hydrogens (tertiary/aromatic N) is 6. The lowest BCUT2D eigenvalue weighted by Crippen LogP contribution is -2.02. The van der Waals surface area contributed by atoms with E-state index in [-0.39, 0.29) is 45.0 Å². The Morgan fingerprint density at radius 2 is 1.66 bits per heavy atom. The van der Waals surface area contributed by atoms with Gasteiger partial charge in [0.1, 0.15) is 28.7 Å². The van der Waals surface area contributed by atoms with Crippen molar-refractivity contribution in [3.63, 3.8) is 0 Å². The predicted molar refractivity (Wildman–Crippen MR) is 100 cm³/mol. The Morgan fingerprint density at radius 3 is 2.21 bits per heavy atom. The third-order valence-electron chi connectivity index (χ3n) is 4.32. The van der Waals surface area contributed by atoms with Gasteiger partial charge in [0.2, 0.25) is 0 Å². The number of benzene rings is 2. The zero-order valence-corrected chi connectivity index (χ0v) is 14.3. The lowest BCUT2D eigenvalue weighted by Gasteiger charge is -2.09. The van der Waals surface area contributed by atoms with Gasteiger partial charge < -0.3 is 10.8 Å². The molecule has 4 aromatic rings. The normalized spacial score (nSPS) is 10.9. The van der Waals surface area contributed by atoms with Crippen LogP contribution in [0.15, 0.2) is 36.4 Å². The molecule has 0 saturated heterocycles. The third-order valence-corrected chi connectivity index (χ3v) is 4.32. The van der Waals surface area contributed by atoms with Crippen molar-refractivity contribution in [1.29, 1.82) is 5.26 Å². The fourth-order valence-corrected chi connectivity index (χ4v) is 3.04. The highest BCUT2D eigenvalue weighted by atomic mass is 16.6. The van der Waals surface area contributed by atoms with Crippen molar-refractivity contribution in [2.45, 2.75) is 0 Å². The number of fused-ring (bicyclic) bond motifs is 2. The Bertz CT molecular complexity index is 1400. The molecule has 2 aromatic heterocycles. The minimum atomic E-state index is -0.893. The summed E-state index contributed by atoms with van der Waals surface area (Å²) in [6.07, 6.45) is 0. The van der Waals surface area contributed by atoms with Crippen LogP contribution in [0.5, 0.6) is 5.75 Å². The zero-order valence-electron chi connectivity index (χ0n) is 14.3. The number of nitrogen functional groups attached to an aromatic ring is 1. The van der Waals surface area contributed by atoms with Gasteiger partial charge in [0.25, 0.3) is 0 Å². The summed E-state index contributed by atoms with van der Waals surface area (Å²) in [7, 11) is 0. The molecule has 2 aromatic carbocycles. The van der Waals surface area contributed by atoms with Gasteiger partial charge in [-0.3, -0.25) is 24.8 Å². The number of nitriles is 1. The van der Waals surface area contributed by atoms with Gasteiger partial charge in [-0.1, -0.05) is 12.1 Å². The number of anilines is 1. The van der Waals surface area contributed by atoms with Gasteiger partial charge in [-0.05, 0) is 12.1 Å². The highest BCUT2D eigenvalue weighted by molar-refractivity contribution is 5.95. The number of nitro benzene ring substituents is 2. The Labute approximate surface area is 160 Å². The van der Waals surface area contributed by atoms with Crippen LogP contribution < -0.4 is 5.73 Å². The second-order valence-electron chi connectivity index (χ2n) is 5.94. The van der Waals surface area contributed by atoms with Gasteiger partial charge in [0.15, 0.2) is 5.65 Å². The van der Waals surface area contributed by atoms with Crippen molar-refractivity contribution in [3.05, 3.63) is 62.2 Å². The fraction of sp³-hybridized carbons (Fsp3) is 0. The second-order valence-corrected chi connectivity index (χ2v) is 5.94. The van der Waals surface area contributed by atoms with E-state index in [1.165, 1.54) is 16.7 Å². The molecule has 0 amide bonds. The van der Waals surface area contributed by atoms with E-state index in [0.29, 0.717) is 0 Å². The van der Waals surface area contributed by atoms with E-state index < -0.39 is 21.2 Å². The highest BCUT2D eigenvalue weighted by Crippen LogP contribution is 2.36.